The van der Waals surface area contributed by atoms with Crippen LogP contribution in [0.2, 0.25) is 0 Å². The number of unbranched alkanes of at least 4 members (excludes halogenated alkanes) is 7. The summed E-state index contributed by atoms with van der Waals surface area (Å²) in [4.78, 5) is 14.0. The highest BCUT2D eigenvalue weighted by Gasteiger charge is 2.29. The Labute approximate surface area is 119 Å². The van der Waals surface area contributed by atoms with E-state index in [1.165, 1.54) is 51.4 Å². The summed E-state index contributed by atoms with van der Waals surface area (Å²) in [6.07, 6.45) is 12.7. The van der Waals surface area contributed by atoms with Crippen molar-refractivity contribution >= 4 is 5.91 Å². The summed E-state index contributed by atoms with van der Waals surface area (Å²) in [5, 5.41) is 3.31. The Morgan fingerprint density at radius 2 is 1.63 bits per heavy atom. The van der Waals surface area contributed by atoms with E-state index in [4.69, 9.17) is 0 Å². The molecule has 112 valence electrons. The van der Waals surface area contributed by atoms with E-state index >= 15 is 0 Å². The van der Waals surface area contributed by atoms with E-state index in [1.807, 2.05) is 4.90 Å². The highest BCUT2D eigenvalue weighted by molar-refractivity contribution is 5.83. The summed E-state index contributed by atoms with van der Waals surface area (Å²) in [5.41, 5.74) is 0. The molecule has 1 aliphatic heterocycles. The summed E-state index contributed by atoms with van der Waals surface area (Å²) >= 11 is 0. The highest BCUT2D eigenvalue weighted by Crippen LogP contribution is 2.12. The number of rotatable bonds is 11. The van der Waals surface area contributed by atoms with Gasteiger partial charge in [-0.1, -0.05) is 65.2 Å². The van der Waals surface area contributed by atoms with Gasteiger partial charge in [-0.15, -0.1) is 0 Å². The number of hydrogen-bond acceptors (Lipinski definition) is 2. The number of carbonyl (C=O) groups is 1. The van der Waals surface area contributed by atoms with E-state index in [-0.39, 0.29) is 6.04 Å². The average Bonchev–Trinajstić information content (AvgIpc) is 2.75. The maximum absolute atomic E-state index is 12.0. The smallest absolute Gasteiger partial charge is 0.240 e. The molecule has 0 aromatic heterocycles. The first kappa shape index (κ1) is 16.5. The molecule has 1 aliphatic rings. The van der Waals surface area contributed by atoms with Crippen LogP contribution in [0, 0.1) is 0 Å². The van der Waals surface area contributed by atoms with Gasteiger partial charge < -0.3 is 4.90 Å². The van der Waals surface area contributed by atoms with Crippen molar-refractivity contribution in [2.24, 2.45) is 0 Å². The van der Waals surface area contributed by atoms with Crippen LogP contribution in [0.4, 0.5) is 0 Å². The molecule has 1 heterocycles. The first-order valence-corrected chi connectivity index (χ1v) is 8.31. The molecule has 19 heavy (non-hydrogen) atoms. The van der Waals surface area contributed by atoms with Crippen LogP contribution >= 0.6 is 0 Å². The Kier molecular flexibility index (Phi) is 8.89. The Balaban J connectivity index is 1.97. The number of nitrogens with zero attached hydrogens (tertiary/aromatic N) is 1. The van der Waals surface area contributed by atoms with Gasteiger partial charge in [-0.05, 0) is 12.8 Å². The zero-order valence-electron chi connectivity index (χ0n) is 12.9. The highest BCUT2D eigenvalue weighted by atomic mass is 16.2. The Bertz CT molecular complexity index is 243. The van der Waals surface area contributed by atoms with E-state index in [0.717, 1.165) is 26.1 Å². The van der Waals surface area contributed by atoms with Gasteiger partial charge in [0.15, 0.2) is 0 Å². The SMILES string of the molecule is CCCCCCCCCCN1CNC(CCC)C1=O. The van der Waals surface area contributed by atoms with Gasteiger partial charge in [0, 0.05) is 6.54 Å². The topological polar surface area (TPSA) is 32.3 Å². The molecular formula is C16H32N2O. The fraction of sp³-hybridized carbons (Fsp3) is 0.938. The fourth-order valence-electron chi connectivity index (χ4n) is 2.75. The van der Waals surface area contributed by atoms with Gasteiger partial charge in [-0.2, -0.15) is 0 Å². The minimum atomic E-state index is 0.0963. The Morgan fingerprint density at radius 1 is 1.00 bits per heavy atom. The summed E-state index contributed by atoms with van der Waals surface area (Å²) in [6, 6.07) is 0.0963. The van der Waals surface area contributed by atoms with Crippen molar-refractivity contribution in [2.75, 3.05) is 13.2 Å². The van der Waals surface area contributed by atoms with Gasteiger partial charge in [0.05, 0.1) is 12.7 Å². The molecule has 0 spiro atoms. The quantitative estimate of drug-likeness (QED) is 0.580. The third-order valence-corrected chi connectivity index (χ3v) is 4.00. The van der Waals surface area contributed by atoms with E-state index in [1.54, 1.807) is 0 Å². The van der Waals surface area contributed by atoms with Crippen LogP contribution in [0.1, 0.15) is 78.1 Å². The lowest BCUT2D eigenvalue weighted by atomic mass is 10.1. The largest absolute Gasteiger partial charge is 0.329 e. The van der Waals surface area contributed by atoms with Crippen molar-refractivity contribution in [1.29, 1.82) is 0 Å². The second-order valence-electron chi connectivity index (χ2n) is 5.78. The first-order chi connectivity index (χ1) is 9.29. The summed E-state index contributed by atoms with van der Waals surface area (Å²) < 4.78 is 0. The van der Waals surface area contributed by atoms with Crippen LogP contribution in [0.25, 0.3) is 0 Å². The molecule has 1 amide bonds. The van der Waals surface area contributed by atoms with Crippen molar-refractivity contribution in [1.82, 2.24) is 10.2 Å². The lowest BCUT2D eigenvalue weighted by Gasteiger charge is -2.15. The molecule has 0 saturated carbocycles. The predicted octanol–water partition coefficient (Wildman–Crippen LogP) is 3.69. The first-order valence-electron chi connectivity index (χ1n) is 8.31. The van der Waals surface area contributed by atoms with Gasteiger partial charge >= 0.3 is 0 Å². The predicted molar refractivity (Wildman–Crippen MR) is 81.0 cm³/mol. The van der Waals surface area contributed by atoms with Crippen molar-refractivity contribution in [3.05, 3.63) is 0 Å². The van der Waals surface area contributed by atoms with E-state index < -0.39 is 0 Å². The Morgan fingerprint density at radius 3 is 2.26 bits per heavy atom. The lowest BCUT2D eigenvalue weighted by molar-refractivity contribution is -0.129. The van der Waals surface area contributed by atoms with Gasteiger partial charge in [-0.25, -0.2) is 0 Å². The van der Waals surface area contributed by atoms with Crippen LogP contribution in [0.15, 0.2) is 0 Å². The van der Waals surface area contributed by atoms with Gasteiger partial charge in [-0.3, -0.25) is 10.1 Å². The summed E-state index contributed by atoms with van der Waals surface area (Å²) in [6.45, 7) is 6.10. The van der Waals surface area contributed by atoms with Crippen molar-refractivity contribution in [3.8, 4) is 0 Å². The standard InChI is InChI=1S/C16H32N2O/c1-3-5-6-7-8-9-10-11-13-18-14-17-15(12-4-2)16(18)19/h15,17H,3-14H2,1-2H3. The van der Waals surface area contributed by atoms with Crippen LogP contribution < -0.4 is 5.32 Å². The molecule has 1 unspecified atom stereocenters. The molecule has 0 aromatic rings. The van der Waals surface area contributed by atoms with Gasteiger partial charge in [0.1, 0.15) is 0 Å². The molecule has 1 saturated heterocycles. The van der Waals surface area contributed by atoms with Crippen LogP contribution in [0.5, 0.6) is 0 Å². The molecule has 0 aromatic carbocycles. The number of carbonyl (C=O) groups excluding carboxylic acids is 1. The van der Waals surface area contributed by atoms with Crippen molar-refractivity contribution in [3.63, 3.8) is 0 Å². The Hall–Kier alpha value is -0.570. The monoisotopic (exact) mass is 268 g/mol. The number of hydrogen-bond donors (Lipinski definition) is 1. The van der Waals surface area contributed by atoms with E-state index in [0.29, 0.717) is 5.91 Å². The third-order valence-electron chi connectivity index (χ3n) is 4.00. The van der Waals surface area contributed by atoms with Crippen molar-refractivity contribution in [2.45, 2.75) is 84.1 Å². The number of amides is 1. The summed E-state index contributed by atoms with van der Waals surface area (Å²) in [5.74, 6) is 0.324. The normalized spacial score (nSPS) is 19.4. The molecule has 3 nitrogen and oxygen atoms in total. The second-order valence-corrected chi connectivity index (χ2v) is 5.78. The molecule has 1 rings (SSSR count). The van der Waals surface area contributed by atoms with Crippen LogP contribution in [-0.4, -0.2) is 30.1 Å². The van der Waals surface area contributed by atoms with Gasteiger partial charge in [0.25, 0.3) is 0 Å². The van der Waals surface area contributed by atoms with Crippen molar-refractivity contribution < 1.29 is 4.79 Å². The van der Waals surface area contributed by atoms with Gasteiger partial charge in [0.2, 0.25) is 5.91 Å². The maximum Gasteiger partial charge on any atom is 0.240 e. The fourth-order valence-corrected chi connectivity index (χ4v) is 2.75. The zero-order valence-corrected chi connectivity index (χ0v) is 12.9. The van der Waals surface area contributed by atoms with Crippen LogP contribution in [0.3, 0.4) is 0 Å². The second kappa shape index (κ2) is 10.2. The molecular weight excluding hydrogens is 236 g/mol. The van der Waals surface area contributed by atoms with Crippen LogP contribution in [-0.2, 0) is 4.79 Å². The zero-order chi connectivity index (χ0) is 13.9. The van der Waals surface area contributed by atoms with E-state index in [9.17, 15) is 4.79 Å². The molecule has 3 heteroatoms. The number of nitrogens with one attached hydrogen (secondary N) is 1. The lowest BCUT2D eigenvalue weighted by Crippen LogP contribution is -2.31. The van der Waals surface area contributed by atoms with E-state index in [2.05, 4.69) is 19.2 Å². The molecule has 0 aliphatic carbocycles. The minimum Gasteiger partial charge on any atom is -0.329 e. The molecule has 1 fully saturated rings. The minimum absolute atomic E-state index is 0.0963. The average molecular weight is 268 g/mol. The maximum atomic E-state index is 12.0. The third kappa shape index (κ3) is 6.42. The molecule has 1 N–H and O–H groups in total. The summed E-state index contributed by atoms with van der Waals surface area (Å²) in [7, 11) is 0. The molecule has 0 radical (unpaired) electrons. The molecule has 0 bridgehead atoms. The molecule has 1 atom stereocenters.